The number of amides is 1. The molecule has 1 amide bonds. The van der Waals surface area contributed by atoms with Crippen LogP contribution >= 0.6 is 0 Å². The van der Waals surface area contributed by atoms with Gasteiger partial charge in [0.2, 0.25) is 5.82 Å². The molecule has 3 heterocycles. The molecule has 9 heteroatoms. The van der Waals surface area contributed by atoms with Gasteiger partial charge in [-0.2, -0.15) is 4.98 Å². The van der Waals surface area contributed by atoms with Gasteiger partial charge < -0.3 is 15.4 Å². The molecule has 148 valence electrons. The van der Waals surface area contributed by atoms with Crippen LogP contribution in [-0.4, -0.2) is 57.3 Å². The first kappa shape index (κ1) is 18.8. The maximum atomic E-state index is 12.6. The number of hydrogen-bond donors (Lipinski definition) is 2. The van der Waals surface area contributed by atoms with Crippen molar-refractivity contribution in [2.45, 2.75) is 6.42 Å². The standard InChI is InChI=1S/C20H21N7O2/c1-29-13-12-22-17-19-25-18(20(28)23-11-8-14-6-9-21-10-7-14)26-27(19)16-5-3-2-4-15(16)24-17/h2-7,9-10H,8,11-13H2,1H3,(H,22,24)(H,23,28). The number of anilines is 1. The Balaban J connectivity index is 1.58. The molecule has 0 spiro atoms. The number of methoxy groups -OCH3 is 1. The summed E-state index contributed by atoms with van der Waals surface area (Å²) in [6.07, 6.45) is 4.17. The molecule has 0 aliphatic rings. The van der Waals surface area contributed by atoms with E-state index in [2.05, 4.69) is 30.7 Å². The highest BCUT2D eigenvalue weighted by atomic mass is 16.5. The highest BCUT2D eigenvalue weighted by Crippen LogP contribution is 2.20. The fraction of sp³-hybridized carbons (Fsp3) is 0.250. The monoisotopic (exact) mass is 391 g/mol. The van der Waals surface area contributed by atoms with Crippen LogP contribution in [0.1, 0.15) is 16.2 Å². The summed E-state index contributed by atoms with van der Waals surface area (Å²) >= 11 is 0. The van der Waals surface area contributed by atoms with Gasteiger partial charge in [0.25, 0.3) is 5.91 Å². The van der Waals surface area contributed by atoms with Crippen LogP contribution in [0, 0.1) is 0 Å². The van der Waals surface area contributed by atoms with Gasteiger partial charge in [0.05, 0.1) is 17.6 Å². The number of carbonyl (C=O) groups excluding carboxylic acids is 1. The molecule has 0 aliphatic carbocycles. The molecule has 4 aromatic rings. The molecule has 0 saturated carbocycles. The molecule has 2 N–H and O–H groups in total. The summed E-state index contributed by atoms with van der Waals surface area (Å²) in [4.78, 5) is 25.6. The van der Waals surface area contributed by atoms with Gasteiger partial charge in [-0.05, 0) is 36.2 Å². The Morgan fingerprint density at radius 1 is 1.10 bits per heavy atom. The van der Waals surface area contributed by atoms with Crippen LogP contribution < -0.4 is 10.6 Å². The number of rotatable bonds is 8. The van der Waals surface area contributed by atoms with E-state index in [1.165, 1.54) is 0 Å². The molecular formula is C20H21N7O2. The topological polar surface area (TPSA) is 106 Å². The summed E-state index contributed by atoms with van der Waals surface area (Å²) in [5.41, 5.74) is 3.14. The van der Waals surface area contributed by atoms with Gasteiger partial charge in [-0.3, -0.25) is 9.78 Å². The molecule has 3 aromatic heterocycles. The Morgan fingerprint density at radius 2 is 1.93 bits per heavy atom. The first-order chi connectivity index (χ1) is 14.3. The van der Waals surface area contributed by atoms with Crippen molar-refractivity contribution in [1.29, 1.82) is 0 Å². The van der Waals surface area contributed by atoms with Gasteiger partial charge >= 0.3 is 0 Å². The third-order valence-electron chi connectivity index (χ3n) is 4.41. The lowest BCUT2D eigenvalue weighted by atomic mass is 10.2. The van der Waals surface area contributed by atoms with Crippen LogP contribution in [0.25, 0.3) is 16.7 Å². The lowest BCUT2D eigenvalue weighted by molar-refractivity contribution is 0.0944. The second-order valence-electron chi connectivity index (χ2n) is 6.40. The zero-order chi connectivity index (χ0) is 20.1. The number of ether oxygens (including phenoxy) is 1. The Labute approximate surface area is 167 Å². The van der Waals surface area contributed by atoms with Crippen molar-refractivity contribution in [2.24, 2.45) is 0 Å². The van der Waals surface area contributed by atoms with Crippen LogP contribution in [0.5, 0.6) is 0 Å². The molecule has 4 rings (SSSR count). The van der Waals surface area contributed by atoms with Crippen LogP contribution in [0.4, 0.5) is 5.82 Å². The van der Waals surface area contributed by atoms with E-state index >= 15 is 0 Å². The smallest absolute Gasteiger partial charge is 0.291 e. The molecule has 0 unspecified atom stereocenters. The highest BCUT2D eigenvalue weighted by Gasteiger charge is 2.17. The SMILES string of the molecule is COCCNc1nc2ccccc2n2nc(C(=O)NCCc3ccncc3)nc12. The molecule has 0 fully saturated rings. The zero-order valence-electron chi connectivity index (χ0n) is 16.0. The van der Waals surface area contributed by atoms with Crippen LogP contribution in [-0.2, 0) is 11.2 Å². The largest absolute Gasteiger partial charge is 0.383 e. The van der Waals surface area contributed by atoms with Gasteiger partial charge in [-0.25, -0.2) is 9.50 Å². The predicted octanol–water partition coefficient (Wildman–Crippen LogP) is 1.70. The van der Waals surface area contributed by atoms with E-state index in [0.29, 0.717) is 37.6 Å². The van der Waals surface area contributed by atoms with Crippen molar-refractivity contribution < 1.29 is 9.53 Å². The first-order valence-electron chi connectivity index (χ1n) is 9.31. The van der Waals surface area contributed by atoms with Crippen molar-refractivity contribution in [3.05, 3.63) is 60.2 Å². The summed E-state index contributed by atoms with van der Waals surface area (Å²) in [5, 5.41) is 10.5. The minimum absolute atomic E-state index is 0.104. The number of nitrogens with one attached hydrogen (secondary N) is 2. The second kappa shape index (κ2) is 8.61. The van der Waals surface area contributed by atoms with E-state index < -0.39 is 0 Å². The number of carbonyl (C=O) groups is 1. The number of nitrogens with zero attached hydrogens (tertiary/aromatic N) is 5. The lowest BCUT2D eigenvalue weighted by Gasteiger charge is -2.07. The maximum Gasteiger partial charge on any atom is 0.291 e. The van der Waals surface area contributed by atoms with Crippen molar-refractivity contribution in [2.75, 3.05) is 32.1 Å². The Morgan fingerprint density at radius 3 is 2.76 bits per heavy atom. The van der Waals surface area contributed by atoms with E-state index in [1.54, 1.807) is 24.0 Å². The van der Waals surface area contributed by atoms with Gasteiger partial charge in [0, 0.05) is 32.6 Å². The van der Waals surface area contributed by atoms with Gasteiger partial charge in [-0.15, -0.1) is 5.10 Å². The van der Waals surface area contributed by atoms with Gasteiger partial charge in [-0.1, -0.05) is 12.1 Å². The van der Waals surface area contributed by atoms with E-state index in [-0.39, 0.29) is 11.7 Å². The number of fused-ring (bicyclic) bond motifs is 3. The Hall–Kier alpha value is -3.59. The summed E-state index contributed by atoms with van der Waals surface area (Å²) in [5.74, 6) is 0.339. The minimum Gasteiger partial charge on any atom is -0.383 e. The molecule has 1 aromatic carbocycles. The second-order valence-corrected chi connectivity index (χ2v) is 6.40. The number of para-hydroxylation sites is 2. The van der Waals surface area contributed by atoms with Crippen molar-refractivity contribution >= 4 is 28.4 Å². The number of hydrogen-bond acceptors (Lipinski definition) is 7. The first-order valence-corrected chi connectivity index (χ1v) is 9.31. The van der Waals surface area contributed by atoms with Crippen molar-refractivity contribution in [3.8, 4) is 0 Å². The number of benzene rings is 1. The average molecular weight is 391 g/mol. The third kappa shape index (κ3) is 4.14. The summed E-state index contributed by atoms with van der Waals surface area (Å²) in [6.45, 7) is 1.57. The van der Waals surface area contributed by atoms with Crippen molar-refractivity contribution in [3.63, 3.8) is 0 Å². The van der Waals surface area contributed by atoms with Crippen LogP contribution in [0.15, 0.2) is 48.8 Å². The van der Waals surface area contributed by atoms with Gasteiger partial charge in [0.1, 0.15) is 0 Å². The quantitative estimate of drug-likeness (QED) is 0.440. The summed E-state index contributed by atoms with van der Waals surface area (Å²) in [6, 6.07) is 11.4. The van der Waals surface area contributed by atoms with Crippen LogP contribution in [0.3, 0.4) is 0 Å². The molecule has 0 radical (unpaired) electrons. The lowest BCUT2D eigenvalue weighted by Crippen LogP contribution is -2.26. The predicted molar refractivity (Wildman–Crippen MR) is 109 cm³/mol. The fourth-order valence-electron chi connectivity index (χ4n) is 2.98. The highest BCUT2D eigenvalue weighted by molar-refractivity contribution is 5.92. The average Bonchev–Trinajstić information content (AvgIpc) is 3.21. The zero-order valence-corrected chi connectivity index (χ0v) is 16.0. The number of aromatic nitrogens is 5. The van der Waals surface area contributed by atoms with E-state index in [0.717, 1.165) is 16.6 Å². The third-order valence-corrected chi connectivity index (χ3v) is 4.41. The number of pyridine rings is 1. The van der Waals surface area contributed by atoms with E-state index in [4.69, 9.17) is 4.74 Å². The molecule has 29 heavy (non-hydrogen) atoms. The maximum absolute atomic E-state index is 12.6. The molecular weight excluding hydrogens is 370 g/mol. The Kier molecular flexibility index (Phi) is 5.57. The fourth-order valence-corrected chi connectivity index (χ4v) is 2.98. The molecule has 0 bridgehead atoms. The van der Waals surface area contributed by atoms with Gasteiger partial charge in [0.15, 0.2) is 11.5 Å². The molecule has 9 nitrogen and oxygen atoms in total. The summed E-state index contributed by atoms with van der Waals surface area (Å²) < 4.78 is 6.73. The van der Waals surface area contributed by atoms with Crippen LogP contribution in [0.2, 0.25) is 0 Å². The molecule has 0 saturated heterocycles. The minimum atomic E-state index is -0.324. The molecule has 0 atom stereocenters. The molecule has 0 aliphatic heterocycles. The van der Waals surface area contributed by atoms with E-state index in [9.17, 15) is 4.79 Å². The summed E-state index contributed by atoms with van der Waals surface area (Å²) in [7, 11) is 1.64. The van der Waals surface area contributed by atoms with Crippen molar-refractivity contribution in [1.82, 2.24) is 29.9 Å². The normalized spacial score (nSPS) is 11.1. The van der Waals surface area contributed by atoms with E-state index in [1.807, 2.05) is 36.4 Å². The Bertz CT molecular complexity index is 1130.